The van der Waals surface area contributed by atoms with Crippen LogP contribution < -0.4 is 0 Å². The van der Waals surface area contributed by atoms with Crippen LogP contribution in [0.25, 0.3) is 0 Å². The lowest BCUT2D eigenvalue weighted by Gasteiger charge is -2.02. The lowest BCUT2D eigenvalue weighted by Crippen LogP contribution is -2.05. The summed E-state index contributed by atoms with van der Waals surface area (Å²) in [4.78, 5) is 54.3. The molecule has 0 saturated carbocycles. The summed E-state index contributed by atoms with van der Waals surface area (Å²) in [6.07, 6.45) is 0.809. The minimum Gasteiger partial charge on any atom is -0.508 e. The quantitative estimate of drug-likeness (QED) is 0.278. The second kappa shape index (κ2) is 11.3. The van der Waals surface area contributed by atoms with Crippen LogP contribution in [0.3, 0.4) is 0 Å². The molecule has 134 valence electrons. The molecular weight excluding hydrogens is 358 g/mol. The molecule has 0 aliphatic heterocycles. The van der Waals surface area contributed by atoms with E-state index in [-0.39, 0.29) is 11.7 Å². The van der Waals surface area contributed by atoms with Gasteiger partial charge in [-0.2, -0.15) is 0 Å². The van der Waals surface area contributed by atoms with Crippen molar-refractivity contribution >= 4 is 21.6 Å². The van der Waals surface area contributed by atoms with Crippen LogP contribution in [-0.2, 0) is 13.9 Å². The fourth-order valence-electron chi connectivity index (χ4n) is 0.876. The van der Waals surface area contributed by atoms with E-state index in [2.05, 4.69) is 0 Å². The number of hydrogen-bond donors (Lipinski definition) is 7. The van der Waals surface area contributed by atoms with Crippen molar-refractivity contribution < 1.29 is 53.1 Å². The minimum absolute atomic E-state index is 0.145. The monoisotopic (exact) mass is 376 g/mol. The number of rotatable bonds is 3. The van der Waals surface area contributed by atoms with Crippen molar-refractivity contribution in [2.24, 2.45) is 0 Å². The number of esters is 1. The highest BCUT2D eigenvalue weighted by Crippen LogP contribution is 2.26. The van der Waals surface area contributed by atoms with E-state index in [0.717, 1.165) is 6.42 Å². The first-order valence-corrected chi connectivity index (χ1v) is 8.89. The van der Waals surface area contributed by atoms with Gasteiger partial charge in [-0.1, -0.05) is 6.92 Å². The van der Waals surface area contributed by atoms with E-state index in [1.807, 2.05) is 6.92 Å². The van der Waals surface area contributed by atoms with Crippen molar-refractivity contribution in [3.05, 3.63) is 29.8 Å². The molecule has 0 amide bonds. The maximum absolute atomic E-state index is 11.2. The second-order valence-corrected chi connectivity index (χ2v) is 5.76. The van der Waals surface area contributed by atoms with Gasteiger partial charge in [0.15, 0.2) is 0 Å². The molecule has 7 N–H and O–H groups in total. The standard InChI is InChI=1S/C10H12O3.2H3O4P/c1-2-7-13-10(12)8-3-5-9(11)6-4-8;2*1-5(2,3)4/h3-6,11H,2,7H2,1H3;2*(H3,1,2,3,4). The summed E-state index contributed by atoms with van der Waals surface area (Å²) in [5.74, 6) is -0.200. The Hall–Kier alpha value is -1.29. The molecule has 0 radical (unpaired) electrons. The SMILES string of the molecule is CCCOC(=O)c1ccc(O)cc1.O=P(O)(O)O.O=P(O)(O)O. The molecule has 1 aromatic rings. The Kier molecular flexibility index (Phi) is 11.8. The fourth-order valence-corrected chi connectivity index (χ4v) is 0.876. The van der Waals surface area contributed by atoms with Gasteiger partial charge in [-0.05, 0) is 30.7 Å². The number of carbonyl (C=O) groups is 1. The summed E-state index contributed by atoms with van der Waals surface area (Å²) >= 11 is 0. The van der Waals surface area contributed by atoms with Gasteiger partial charge in [0.2, 0.25) is 0 Å². The third-order valence-corrected chi connectivity index (χ3v) is 1.54. The molecule has 0 spiro atoms. The Balaban J connectivity index is 0. The molecule has 23 heavy (non-hydrogen) atoms. The number of aromatic hydroxyl groups is 1. The molecule has 0 bridgehead atoms. The predicted octanol–water partition coefficient (Wildman–Crippen LogP) is 0.102. The molecule has 0 fully saturated rings. The number of phenolic OH excluding ortho intramolecular Hbond substituents is 1. The topological polar surface area (TPSA) is 202 Å². The average Bonchev–Trinajstić information content (AvgIpc) is 2.32. The number of hydrogen-bond acceptors (Lipinski definition) is 5. The number of carbonyl (C=O) groups excluding carboxylic acids is 1. The van der Waals surface area contributed by atoms with Gasteiger partial charge in [0.25, 0.3) is 0 Å². The largest absolute Gasteiger partial charge is 0.508 e. The van der Waals surface area contributed by atoms with Crippen molar-refractivity contribution in [3.8, 4) is 5.75 Å². The molecule has 0 atom stereocenters. The number of benzene rings is 1. The molecule has 0 heterocycles. The van der Waals surface area contributed by atoms with Crippen LogP contribution in [0.1, 0.15) is 23.7 Å². The fraction of sp³-hybridized carbons (Fsp3) is 0.300. The van der Waals surface area contributed by atoms with Gasteiger partial charge in [-0.3, -0.25) is 0 Å². The summed E-state index contributed by atoms with van der Waals surface area (Å²) < 4.78 is 22.7. The summed E-state index contributed by atoms with van der Waals surface area (Å²) in [5, 5.41) is 8.96. The van der Waals surface area contributed by atoms with Crippen LogP contribution in [0.2, 0.25) is 0 Å². The molecule has 0 aliphatic carbocycles. The van der Waals surface area contributed by atoms with Gasteiger partial charge >= 0.3 is 21.6 Å². The Bertz CT molecular complexity index is 508. The zero-order valence-electron chi connectivity index (χ0n) is 11.9. The third kappa shape index (κ3) is 26.0. The van der Waals surface area contributed by atoms with Crippen molar-refractivity contribution in [3.63, 3.8) is 0 Å². The Morgan fingerprint density at radius 1 is 0.957 bits per heavy atom. The van der Waals surface area contributed by atoms with E-state index in [9.17, 15) is 4.79 Å². The summed E-state index contributed by atoms with van der Waals surface area (Å²) in [6.45, 7) is 2.36. The van der Waals surface area contributed by atoms with Crippen LogP contribution in [-0.4, -0.2) is 47.0 Å². The third-order valence-electron chi connectivity index (χ3n) is 1.54. The van der Waals surface area contributed by atoms with Crippen LogP contribution in [0.5, 0.6) is 5.75 Å². The molecule has 0 aliphatic rings. The first-order valence-electron chi connectivity index (χ1n) is 5.76. The van der Waals surface area contributed by atoms with Crippen molar-refractivity contribution in [1.82, 2.24) is 0 Å². The van der Waals surface area contributed by atoms with Crippen LogP contribution in [0.15, 0.2) is 24.3 Å². The van der Waals surface area contributed by atoms with E-state index in [4.69, 9.17) is 48.3 Å². The van der Waals surface area contributed by atoms with Gasteiger partial charge < -0.3 is 39.2 Å². The van der Waals surface area contributed by atoms with Crippen molar-refractivity contribution in [1.29, 1.82) is 0 Å². The lowest BCUT2D eigenvalue weighted by molar-refractivity contribution is 0.0505. The summed E-state index contributed by atoms with van der Waals surface area (Å²) in [6, 6.07) is 5.99. The zero-order chi connectivity index (χ0) is 18.7. The molecule has 0 aromatic heterocycles. The minimum atomic E-state index is -4.64. The lowest BCUT2D eigenvalue weighted by atomic mass is 10.2. The number of phenols is 1. The van der Waals surface area contributed by atoms with E-state index >= 15 is 0 Å². The number of ether oxygens (including phenoxy) is 1. The molecule has 13 heteroatoms. The Morgan fingerprint density at radius 3 is 1.61 bits per heavy atom. The van der Waals surface area contributed by atoms with Gasteiger partial charge in [-0.25, -0.2) is 13.9 Å². The van der Waals surface area contributed by atoms with E-state index in [0.29, 0.717) is 12.2 Å². The van der Waals surface area contributed by atoms with Gasteiger partial charge in [0.1, 0.15) is 5.75 Å². The van der Waals surface area contributed by atoms with E-state index in [1.165, 1.54) is 24.3 Å². The van der Waals surface area contributed by atoms with Crippen LogP contribution in [0.4, 0.5) is 0 Å². The molecule has 0 unspecified atom stereocenters. The molecule has 0 saturated heterocycles. The molecule has 1 aromatic carbocycles. The van der Waals surface area contributed by atoms with Gasteiger partial charge in [0.05, 0.1) is 12.2 Å². The summed E-state index contributed by atoms with van der Waals surface area (Å²) in [5.41, 5.74) is 0.464. The van der Waals surface area contributed by atoms with E-state index < -0.39 is 15.6 Å². The van der Waals surface area contributed by atoms with E-state index in [1.54, 1.807) is 0 Å². The highest BCUT2D eigenvalue weighted by molar-refractivity contribution is 7.45. The normalized spacial score (nSPS) is 10.6. The highest BCUT2D eigenvalue weighted by Gasteiger charge is 2.05. The van der Waals surface area contributed by atoms with Gasteiger partial charge in [-0.15, -0.1) is 0 Å². The first kappa shape index (κ1) is 24.0. The van der Waals surface area contributed by atoms with Crippen LogP contribution in [0, 0.1) is 0 Å². The second-order valence-electron chi connectivity index (χ2n) is 3.71. The smallest absolute Gasteiger partial charge is 0.466 e. The predicted molar refractivity (Wildman–Crippen MR) is 77.2 cm³/mol. The average molecular weight is 376 g/mol. The van der Waals surface area contributed by atoms with Crippen molar-refractivity contribution in [2.75, 3.05) is 6.61 Å². The zero-order valence-corrected chi connectivity index (χ0v) is 13.7. The van der Waals surface area contributed by atoms with Gasteiger partial charge in [0, 0.05) is 0 Å². The summed E-state index contributed by atoms with van der Waals surface area (Å²) in [7, 11) is -9.28. The first-order chi connectivity index (χ1) is 10.2. The highest BCUT2D eigenvalue weighted by atomic mass is 31.2. The number of phosphoric acid groups is 2. The van der Waals surface area contributed by atoms with Crippen LogP contribution >= 0.6 is 15.6 Å². The maximum atomic E-state index is 11.2. The molecular formula is C10H18O11P2. The van der Waals surface area contributed by atoms with Crippen molar-refractivity contribution in [2.45, 2.75) is 13.3 Å². The Labute approximate surface area is 131 Å². The molecule has 11 nitrogen and oxygen atoms in total. The maximum Gasteiger partial charge on any atom is 0.466 e. The molecule has 1 rings (SSSR count). The Morgan fingerprint density at radius 2 is 1.30 bits per heavy atom.